The number of primary amides is 1. The van der Waals surface area contributed by atoms with Gasteiger partial charge < -0.3 is 15.5 Å². The second kappa shape index (κ2) is 6.24. The zero-order valence-corrected chi connectivity index (χ0v) is 14.7. The van der Waals surface area contributed by atoms with Gasteiger partial charge in [-0.2, -0.15) is 0 Å². The number of likely N-dealkylation sites (tertiary alicyclic amines) is 1. The van der Waals surface area contributed by atoms with Crippen molar-refractivity contribution in [1.82, 2.24) is 10.2 Å². The number of rotatable bonds is 3. The molecule has 132 valence electrons. The third-order valence-corrected chi connectivity index (χ3v) is 4.91. The van der Waals surface area contributed by atoms with Crippen LogP contribution in [0, 0.1) is 5.92 Å². The van der Waals surface area contributed by atoms with E-state index in [2.05, 4.69) is 31.0 Å². The average molecular weight is 333 g/mol. The van der Waals surface area contributed by atoms with Crippen molar-refractivity contribution in [2.45, 2.75) is 58.0 Å². The van der Waals surface area contributed by atoms with Crippen molar-refractivity contribution >= 4 is 11.8 Å². The number of carbonyl (C=O) groups excluding carboxylic acids is 2. The highest BCUT2D eigenvalue weighted by Crippen LogP contribution is 2.31. The second-order valence-corrected chi connectivity index (χ2v) is 8.11. The van der Waals surface area contributed by atoms with Crippen molar-refractivity contribution in [1.29, 1.82) is 0 Å². The Hall–Kier alpha value is -1.82. The van der Waals surface area contributed by atoms with E-state index in [1.54, 1.807) is 6.07 Å². The standard InChI is InChI=1S/C18H27N3O3/c1-18(2,3)15-12(7-14(24-15)16(19)22)9-21-8-11-5-4-6-13(10-21)20-17(11)23/h7,11,13H,4-6,8-10H2,1-3H3,(H2,19,22)(H,20,23)/t11-,13+/m1/s1. The van der Waals surface area contributed by atoms with Crippen molar-refractivity contribution in [3.05, 3.63) is 23.2 Å². The fourth-order valence-corrected chi connectivity index (χ4v) is 3.81. The van der Waals surface area contributed by atoms with E-state index in [1.807, 2.05) is 0 Å². The molecule has 6 nitrogen and oxygen atoms in total. The van der Waals surface area contributed by atoms with Crippen molar-refractivity contribution in [3.63, 3.8) is 0 Å². The summed E-state index contributed by atoms with van der Waals surface area (Å²) < 4.78 is 5.74. The first-order valence-corrected chi connectivity index (χ1v) is 8.70. The van der Waals surface area contributed by atoms with Crippen molar-refractivity contribution < 1.29 is 14.0 Å². The van der Waals surface area contributed by atoms with Gasteiger partial charge in [0.1, 0.15) is 5.76 Å². The molecule has 0 saturated carbocycles. The Morgan fingerprint density at radius 3 is 2.79 bits per heavy atom. The lowest BCUT2D eigenvalue weighted by atomic mass is 9.90. The molecule has 2 bridgehead atoms. The number of amides is 2. The molecule has 24 heavy (non-hydrogen) atoms. The average Bonchev–Trinajstić information content (AvgIpc) is 2.73. The molecule has 2 amide bonds. The van der Waals surface area contributed by atoms with Crippen LogP contribution >= 0.6 is 0 Å². The summed E-state index contributed by atoms with van der Waals surface area (Å²) in [5.74, 6) is 0.694. The molecule has 3 heterocycles. The topological polar surface area (TPSA) is 88.6 Å². The number of carbonyl (C=O) groups is 2. The van der Waals surface area contributed by atoms with Crippen LogP contribution in [0.1, 0.15) is 61.9 Å². The minimum atomic E-state index is -0.545. The maximum atomic E-state index is 12.2. The van der Waals surface area contributed by atoms with Crippen LogP contribution in [0.4, 0.5) is 0 Å². The smallest absolute Gasteiger partial charge is 0.284 e. The SMILES string of the molecule is CC(C)(C)c1oc(C(N)=O)cc1CN1C[C@@H]2CCC[C@H](C1)C(=O)N2. The van der Waals surface area contributed by atoms with Gasteiger partial charge in [-0.1, -0.05) is 27.2 Å². The zero-order valence-electron chi connectivity index (χ0n) is 14.7. The predicted molar refractivity (Wildman–Crippen MR) is 90.5 cm³/mol. The van der Waals surface area contributed by atoms with E-state index in [0.29, 0.717) is 6.54 Å². The van der Waals surface area contributed by atoms with Crippen LogP contribution in [0.15, 0.2) is 10.5 Å². The molecule has 1 aromatic heterocycles. The summed E-state index contributed by atoms with van der Waals surface area (Å²) in [4.78, 5) is 26.0. The highest BCUT2D eigenvalue weighted by Gasteiger charge is 2.34. The largest absolute Gasteiger partial charge is 0.455 e. The molecule has 2 saturated heterocycles. The van der Waals surface area contributed by atoms with Gasteiger partial charge >= 0.3 is 0 Å². The highest BCUT2D eigenvalue weighted by atomic mass is 16.4. The van der Waals surface area contributed by atoms with Crippen LogP contribution in [0.25, 0.3) is 0 Å². The summed E-state index contributed by atoms with van der Waals surface area (Å²) in [5.41, 5.74) is 6.17. The summed E-state index contributed by atoms with van der Waals surface area (Å²) in [6.45, 7) is 8.43. The summed E-state index contributed by atoms with van der Waals surface area (Å²) in [6, 6.07) is 1.98. The molecule has 2 aliphatic heterocycles. The fourth-order valence-electron chi connectivity index (χ4n) is 3.81. The lowest BCUT2D eigenvalue weighted by Gasteiger charge is -2.28. The molecule has 0 radical (unpaired) electrons. The molecule has 0 aromatic carbocycles. The third-order valence-electron chi connectivity index (χ3n) is 4.91. The second-order valence-electron chi connectivity index (χ2n) is 8.11. The zero-order chi connectivity index (χ0) is 17.5. The van der Waals surface area contributed by atoms with Crippen molar-refractivity contribution in [2.24, 2.45) is 11.7 Å². The third kappa shape index (κ3) is 3.48. The molecular weight excluding hydrogens is 306 g/mol. The first kappa shape index (κ1) is 17.0. The normalized spacial score (nSPS) is 25.2. The van der Waals surface area contributed by atoms with Gasteiger partial charge in [-0.05, 0) is 18.9 Å². The van der Waals surface area contributed by atoms with Crippen LogP contribution in [0.5, 0.6) is 0 Å². The van der Waals surface area contributed by atoms with E-state index in [1.165, 1.54) is 0 Å². The minimum absolute atomic E-state index is 0.0538. The Morgan fingerprint density at radius 2 is 2.12 bits per heavy atom. The minimum Gasteiger partial charge on any atom is -0.455 e. The molecular formula is C18H27N3O3. The predicted octanol–water partition coefficient (Wildman–Crippen LogP) is 1.78. The molecule has 0 spiro atoms. The van der Waals surface area contributed by atoms with E-state index in [4.69, 9.17) is 10.2 Å². The van der Waals surface area contributed by atoms with Gasteiger partial charge in [-0.3, -0.25) is 14.5 Å². The number of nitrogens with two attached hydrogens (primary N) is 1. The first-order valence-electron chi connectivity index (χ1n) is 8.70. The van der Waals surface area contributed by atoms with Crippen LogP contribution in [-0.2, 0) is 16.8 Å². The monoisotopic (exact) mass is 333 g/mol. The van der Waals surface area contributed by atoms with Gasteiger partial charge in [0.25, 0.3) is 5.91 Å². The number of fused-ring (bicyclic) bond motifs is 3. The number of furan rings is 1. The van der Waals surface area contributed by atoms with Crippen LogP contribution in [-0.4, -0.2) is 35.8 Å². The molecule has 3 rings (SSSR count). The van der Waals surface area contributed by atoms with Gasteiger partial charge in [0, 0.05) is 36.7 Å². The lowest BCUT2D eigenvalue weighted by molar-refractivity contribution is -0.124. The molecule has 2 fully saturated rings. The van der Waals surface area contributed by atoms with E-state index < -0.39 is 5.91 Å². The van der Waals surface area contributed by atoms with Crippen LogP contribution < -0.4 is 11.1 Å². The Labute approximate surface area is 142 Å². The van der Waals surface area contributed by atoms with Crippen LogP contribution in [0.2, 0.25) is 0 Å². The Kier molecular flexibility index (Phi) is 4.42. The highest BCUT2D eigenvalue weighted by molar-refractivity contribution is 5.90. The molecule has 0 aliphatic carbocycles. The summed E-state index contributed by atoms with van der Waals surface area (Å²) in [5, 5.41) is 3.15. The van der Waals surface area contributed by atoms with Crippen LogP contribution in [0.3, 0.4) is 0 Å². The Morgan fingerprint density at radius 1 is 1.38 bits per heavy atom. The molecule has 3 N–H and O–H groups in total. The van der Waals surface area contributed by atoms with Gasteiger partial charge in [0.05, 0.1) is 5.92 Å². The summed E-state index contributed by atoms with van der Waals surface area (Å²) in [7, 11) is 0. The maximum absolute atomic E-state index is 12.2. The van der Waals surface area contributed by atoms with Gasteiger partial charge in [-0.15, -0.1) is 0 Å². The number of nitrogens with zero attached hydrogens (tertiary/aromatic N) is 1. The number of nitrogens with one attached hydrogen (secondary N) is 1. The molecule has 0 unspecified atom stereocenters. The maximum Gasteiger partial charge on any atom is 0.284 e. The van der Waals surface area contributed by atoms with E-state index in [9.17, 15) is 9.59 Å². The Bertz CT molecular complexity index is 644. The van der Waals surface area contributed by atoms with E-state index >= 15 is 0 Å². The molecule has 2 atom stereocenters. The lowest BCUT2D eigenvalue weighted by Crippen LogP contribution is -2.38. The molecule has 2 aliphatic rings. The number of hydrogen-bond acceptors (Lipinski definition) is 4. The summed E-state index contributed by atoms with van der Waals surface area (Å²) >= 11 is 0. The van der Waals surface area contributed by atoms with Crippen molar-refractivity contribution in [2.75, 3.05) is 13.1 Å². The number of hydrogen-bond donors (Lipinski definition) is 2. The first-order chi connectivity index (χ1) is 11.2. The van der Waals surface area contributed by atoms with E-state index in [0.717, 1.165) is 43.7 Å². The van der Waals surface area contributed by atoms with Gasteiger partial charge in [-0.25, -0.2) is 0 Å². The Balaban J connectivity index is 1.85. The molecule has 6 heteroatoms. The quantitative estimate of drug-likeness (QED) is 0.882. The van der Waals surface area contributed by atoms with Gasteiger partial charge in [0.15, 0.2) is 5.76 Å². The molecule has 1 aromatic rings. The fraction of sp³-hybridized carbons (Fsp3) is 0.667. The van der Waals surface area contributed by atoms with Gasteiger partial charge in [0.2, 0.25) is 5.91 Å². The van der Waals surface area contributed by atoms with E-state index in [-0.39, 0.29) is 29.0 Å². The van der Waals surface area contributed by atoms with Crippen molar-refractivity contribution in [3.8, 4) is 0 Å². The summed E-state index contributed by atoms with van der Waals surface area (Å²) in [6.07, 6.45) is 3.08.